The second-order valence-electron chi connectivity index (χ2n) is 4.87. The van der Waals surface area contributed by atoms with Crippen LogP contribution in [-0.2, 0) is 17.6 Å². The Balaban J connectivity index is 0.000000595. The molecule has 0 bridgehead atoms. The van der Waals surface area contributed by atoms with Crippen LogP contribution in [0.4, 0.5) is 0 Å². The maximum Gasteiger partial charge on any atom is 0.290 e. The van der Waals surface area contributed by atoms with E-state index in [1.807, 2.05) is 36.0 Å². The summed E-state index contributed by atoms with van der Waals surface area (Å²) in [5.74, 6) is 2.83. The molecular weight excluding hydrogens is 334 g/mol. The Morgan fingerprint density at radius 1 is 1.30 bits per heavy atom. The maximum atomic E-state index is 8.36. The summed E-state index contributed by atoms with van der Waals surface area (Å²) in [6.45, 7) is 0.346. The molecule has 6 heteroatoms. The van der Waals surface area contributed by atoms with Crippen molar-refractivity contribution in [2.24, 2.45) is 5.73 Å². The Morgan fingerprint density at radius 3 is 2.83 bits per heavy atom. The molecule has 1 aliphatic rings. The first-order chi connectivity index (χ1) is 11.2. The predicted molar refractivity (Wildman–Crippen MR) is 93.8 cm³/mol. The second-order valence-corrected chi connectivity index (χ2v) is 6.44. The Morgan fingerprint density at radius 2 is 2.09 bits per heavy atom. The van der Waals surface area contributed by atoms with Gasteiger partial charge in [-0.1, -0.05) is 17.7 Å². The van der Waals surface area contributed by atoms with Crippen LogP contribution < -0.4 is 10.5 Å². The van der Waals surface area contributed by atoms with Crippen molar-refractivity contribution < 1.29 is 14.6 Å². The van der Waals surface area contributed by atoms with Gasteiger partial charge in [-0.2, -0.15) is 0 Å². The highest BCUT2D eigenvalue weighted by Gasteiger charge is 2.13. The Labute approximate surface area is 144 Å². The fourth-order valence-electron chi connectivity index (χ4n) is 2.34. The predicted octanol–water partition coefficient (Wildman–Crippen LogP) is 3.98. The standard InChI is InChI=1S/C16H16ClNOS.CH2O2/c17-13-2-1-11(5-7-18)15(10-13)19-14-3-4-16-12(9-14)6-8-20-16;2-1-3/h1-4,9-10H,5-8,18H2;1H,(H,2,3). The number of hydrogen-bond donors (Lipinski definition) is 2. The minimum Gasteiger partial charge on any atom is -0.483 e. The average molecular weight is 352 g/mol. The molecule has 3 N–H and O–H groups in total. The SMILES string of the molecule is NCCc1ccc(Cl)cc1Oc1ccc2c(c1)CCS2.O=CO. The van der Waals surface area contributed by atoms with Crippen molar-refractivity contribution in [1.29, 1.82) is 0 Å². The summed E-state index contributed by atoms with van der Waals surface area (Å²) >= 11 is 7.97. The fourth-order valence-corrected chi connectivity index (χ4v) is 3.55. The van der Waals surface area contributed by atoms with Gasteiger partial charge >= 0.3 is 0 Å². The summed E-state index contributed by atoms with van der Waals surface area (Å²) in [6.07, 6.45) is 1.90. The van der Waals surface area contributed by atoms with Crippen molar-refractivity contribution in [3.05, 3.63) is 52.5 Å². The van der Waals surface area contributed by atoms with Gasteiger partial charge in [0.1, 0.15) is 11.5 Å². The number of fused-ring (bicyclic) bond motifs is 1. The van der Waals surface area contributed by atoms with Crippen LogP contribution in [-0.4, -0.2) is 23.9 Å². The minimum absolute atomic E-state index is 0.250. The molecule has 4 nitrogen and oxygen atoms in total. The first-order valence-electron chi connectivity index (χ1n) is 7.18. The molecule has 0 saturated carbocycles. The summed E-state index contributed by atoms with van der Waals surface area (Å²) in [4.78, 5) is 9.73. The Bertz CT molecular complexity index is 679. The lowest BCUT2D eigenvalue weighted by atomic mass is 10.1. The molecule has 2 aromatic rings. The number of nitrogens with two attached hydrogens (primary N) is 1. The van der Waals surface area contributed by atoms with Gasteiger partial charge in [-0.25, -0.2) is 0 Å². The van der Waals surface area contributed by atoms with Crippen molar-refractivity contribution in [1.82, 2.24) is 0 Å². The molecule has 0 aliphatic carbocycles. The minimum atomic E-state index is -0.250. The van der Waals surface area contributed by atoms with E-state index in [0.717, 1.165) is 35.7 Å². The maximum absolute atomic E-state index is 8.36. The van der Waals surface area contributed by atoms with Gasteiger partial charge in [-0.3, -0.25) is 4.79 Å². The smallest absolute Gasteiger partial charge is 0.290 e. The Hall–Kier alpha value is -1.69. The van der Waals surface area contributed by atoms with E-state index in [1.165, 1.54) is 10.5 Å². The molecule has 0 saturated heterocycles. The second kappa shape index (κ2) is 8.82. The molecule has 122 valence electrons. The molecule has 0 spiro atoms. The first kappa shape index (κ1) is 17.7. The summed E-state index contributed by atoms with van der Waals surface area (Å²) in [6, 6.07) is 12.0. The third kappa shape index (κ3) is 4.89. The van der Waals surface area contributed by atoms with Crippen LogP contribution in [0.15, 0.2) is 41.3 Å². The number of rotatable bonds is 4. The van der Waals surface area contributed by atoms with Crippen LogP contribution in [0.5, 0.6) is 11.5 Å². The van der Waals surface area contributed by atoms with Gasteiger partial charge < -0.3 is 15.6 Å². The van der Waals surface area contributed by atoms with Crippen molar-refractivity contribution in [2.75, 3.05) is 12.3 Å². The van der Waals surface area contributed by atoms with Gasteiger partial charge in [0.25, 0.3) is 6.47 Å². The van der Waals surface area contributed by atoms with Crippen LogP contribution in [0.1, 0.15) is 11.1 Å². The van der Waals surface area contributed by atoms with Crippen LogP contribution >= 0.6 is 23.4 Å². The number of aryl methyl sites for hydroxylation is 1. The van der Waals surface area contributed by atoms with E-state index in [2.05, 4.69) is 12.1 Å². The quantitative estimate of drug-likeness (QED) is 0.815. The number of benzene rings is 2. The lowest BCUT2D eigenvalue weighted by Gasteiger charge is -2.12. The zero-order chi connectivity index (χ0) is 16.7. The highest BCUT2D eigenvalue weighted by molar-refractivity contribution is 7.99. The fraction of sp³-hybridized carbons (Fsp3) is 0.235. The molecule has 3 rings (SSSR count). The van der Waals surface area contributed by atoms with Crippen LogP contribution in [0.2, 0.25) is 5.02 Å². The zero-order valence-electron chi connectivity index (χ0n) is 12.5. The van der Waals surface area contributed by atoms with Gasteiger partial charge in [0.15, 0.2) is 0 Å². The number of halogens is 1. The monoisotopic (exact) mass is 351 g/mol. The molecule has 0 unspecified atom stereocenters. The molecule has 1 heterocycles. The summed E-state index contributed by atoms with van der Waals surface area (Å²) in [5.41, 5.74) is 8.10. The molecule has 0 amide bonds. The number of carbonyl (C=O) groups is 1. The molecule has 1 aliphatic heterocycles. The van der Waals surface area contributed by atoms with Crippen LogP contribution in [0.25, 0.3) is 0 Å². The number of ether oxygens (including phenoxy) is 1. The van der Waals surface area contributed by atoms with Gasteiger partial charge in [-0.15, -0.1) is 11.8 Å². The summed E-state index contributed by atoms with van der Waals surface area (Å²) in [7, 11) is 0. The molecule has 0 radical (unpaired) electrons. The number of carboxylic acid groups (broad SMARTS) is 1. The third-order valence-electron chi connectivity index (χ3n) is 3.33. The van der Waals surface area contributed by atoms with Gasteiger partial charge in [-0.05, 0) is 60.8 Å². The van der Waals surface area contributed by atoms with E-state index in [1.54, 1.807) is 0 Å². The molecule has 0 aromatic heterocycles. The molecule has 0 atom stereocenters. The highest BCUT2D eigenvalue weighted by atomic mass is 35.5. The first-order valence-corrected chi connectivity index (χ1v) is 8.54. The van der Waals surface area contributed by atoms with E-state index in [0.29, 0.717) is 11.6 Å². The van der Waals surface area contributed by atoms with Gasteiger partial charge in [0, 0.05) is 15.7 Å². The van der Waals surface area contributed by atoms with Crippen LogP contribution in [0.3, 0.4) is 0 Å². The topological polar surface area (TPSA) is 72.5 Å². The summed E-state index contributed by atoms with van der Waals surface area (Å²) < 4.78 is 6.02. The van der Waals surface area contributed by atoms with E-state index in [4.69, 9.17) is 32.0 Å². The lowest BCUT2D eigenvalue weighted by molar-refractivity contribution is -0.122. The van der Waals surface area contributed by atoms with E-state index in [9.17, 15) is 0 Å². The highest BCUT2D eigenvalue weighted by Crippen LogP contribution is 2.36. The largest absolute Gasteiger partial charge is 0.483 e. The van der Waals surface area contributed by atoms with E-state index < -0.39 is 0 Å². The lowest BCUT2D eigenvalue weighted by Crippen LogP contribution is -2.04. The number of thioether (sulfide) groups is 1. The molecule has 2 aromatic carbocycles. The molecule has 23 heavy (non-hydrogen) atoms. The van der Waals surface area contributed by atoms with Crippen LogP contribution in [0, 0.1) is 0 Å². The molecular formula is C17H18ClNO3S. The molecule has 0 fully saturated rings. The number of hydrogen-bond acceptors (Lipinski definition) is 4. The van der Waals surface area contributed by atoms with Gasteiger partial charge in [0.05, 0.1) is 0 Å². The van der Waals surface area contributed by atoms with Crippen molar-refractivity contribution >= 4 is 29.8 Å². The average Bonchev–Trinajstić information content (AvgIpc) is 2.98. The zero-order valence-corrected chi connectivity index (χ0v) is 14.1. The third-order valence-corrected chi connectivity index (χ3v) is 4.68. The van der Waals surface area contributed by atoms with E-state index >= 15 is 0 Å². The summed E-state index contributed by atoms with van der Waals surface area (Å²) in [5, 5.41) is 7.57. The van der Waals surface area contributed by atoms with Crippen molar-refractivity contribution in [3.8, 4) is 11.5 Å². The van der Waals surface area contributed by atoms with Gasteiger partial charge in [0.2, 0.25) is 0 Å². The van der Waals surface area contributed by atoms with Crippen molar-refractivity contribution in [2.45, 2.75) is 17.7 Å². The normalized spacial score (nSPS) is 12.1. The van der Waals surface area contributed by atoms with Crippen molar-refractivity contribution in [3.63, 3.8) is 0 Å². The Kier molecular flexibility index (Phi) is 6.77. The van der Waals surface area contributed by atoms with E-state index in [-0.39, 0.29) is 6.47 Å².